The van der Waals surface area contributed by atoms with Gasteiger partial charge in [0.15, 0.2) is 0 Å². The summed E-state index contributed by atoms with van der Waals surface area (Å²) >= 11 is 0. The van der Waals surface area contributed by atoms with Gasteiger partial charge in [0, 0.05) is 11.1 Å². The maximum Gasteiger partial charge on any atom is 0.338 e. The topological polar surface area (TPSA) is 55.0 Å². The maximum atomic E-state index is 11.5. The fourth-order valence-corrected chi connectivity index (χ4v) is 1.62. The van der Waals surface area contributed by atoms with Crippen LogP contribution in [0.3, 0.4) is 0 Å². The van der Waals surface area contributed by atoms with Crippen LogP contribution in [0.15, 0.2) is 12.1 Å². The van der Waals surface area contributed by atoms with Gasteiger partial charge in [-0.25, -0.2) is 4.79 Å². The molecule has 1 aromatic heterocycles. The molecule has 0 aliphatic heterocycles. The number of H-pyrrole nitrogens is 1. The zero-order valence-corrected chi connectivity index (χ0v) is 8.92. The van der Waals surface area contributed by atoms with Crippen LogP contribution in [0.4, 0.5) is 0 Å². The van der Waals surface area contributed by atoms with Crippen molar-refractivity contribution in [2.75, 3.05) is 7.11 Å². The minimum Gasteiger partial charge on any atom is -0.465 e. The van der Waals surface area contributed by atoms with E-state index in [9.17, 15) is 4.79 Å². The van der Waals surface area contributed by atoms with Crippen LogP contribution in [0, 0.1) is 13.8 Å². The number of ether oxygens (including phenoxy) is 1. The van der Waals surface area contributed by atoms with Crippen molar-refractivity contribution in [2.45, 2.75) is 13.8 Å². The van der Waals surface area contributed by atoms with Gasteiger partial charge in [-0.15, -0.1) is 0 Å². The van der Waals surface area contributed by atoms with E-state index in [2.05, 4.69) is 10.2 Å². The van der Waals surface area contributed by atoms with Crippen LogP contribution in [-0.2, 0) is 4.74 Å². The first kappa shape index (κ1) is 9.71. The lowest BCUT2D eigenvalue weighted by Gasteiger charge is -2.03. The zero-order valence-electron chi connectivity index (χ0n) is 8.92. The average molecular weight is 204 g/mol. The number of methoxy groups -OCH3 is 1. The standard InChI is InChI=1S/C11H12N2O2/c1-6-4-10-9(7(2)12-13-10)5-8(6)11(14)15-3/h4-5H,1-3H3,(H,12,13). The normalized spacial score (nSPS) is 10.6. The number of hydrogen-bond donors (Lipinski definition) is 1. The number of carbonyl (C=O) groups is 1. The molecule has 0 radical (unpaired) electrons. The summed E-state index contributed by atoms with van der Waals surface area (Å²) in [5, 5.41) is 7.97. The quantitative estimate of drug-likeness (QED) is 0.722. The molecule has 0 aliphatic rings. The second kappa shape index (κ2) is 3.38. The Morgan fingerprint density at radius 2 is 2.13 bits per heavy atom. The van der Waals surface area contributed by atoms with Crippen molar-refractivity contribution in [3.05, 3.63) is 29.0 Å². The van der Waals surface area contributed by atoms with Gasteiger partial charge in [-0.2, -0.15) is 5.10 Å². The Hall–Kier alpha value is -1.84. The predicted molar refractivity (Wildman–Crippen MR) is 56.9 cm³/mol. The van der Waals surface area contributed by atoms with E-state index in [1.54, 1.807) is 0 Å². The average Bonchev–Trinajstić information content (AvgIpc) is 2.58. The zero-order chi connectivity index (χ0) is 11.0. The SMILES string of the molecule is COC(=O)c1cc2c(C)[nH]nc2cc1C. The lowest BCUT2D eigenvalue weighted by Crippen LogP contribution is -2.03. The Morgan fingerprint density at radius 1 is 1.40 bits per heavy atom. The van der Waals surface area contributed by atoms with Gasteiger partial charge in [0.05, 0.1) is 18.2 Å². The molecule has 0 aliphatic carbocycles. The van der Waals surface area contributed by atoms with E-state index >= 15 is 0 Å². The van der Waals surface area contributed by atoms with E-state index in [1.807, 2.05) is 26.0 Å². The highest BCUT2D eigenvalue weighted by atomic mass is 16.5. The minimum atomic E-state index is -0.310. The van der Waals surface area contributed by atoms with E-state index in [0.29, 0.717) is 5.56 Å². The molecule has 0 amide bonds. The molecular formula is C11H12N2O2. The van der Waals surface area contributed by atoms with E-state index in [-0.39, 0.29) is 5.97 Å². The summed E-state index contributed by atoms with van der Waals surface area (Å²) in [5.74, 6) is -0.310. The maximum absolute atomic E-state index is 11.5. The van der Waals surface area contributed by atoms with Crippen LogP contribution in [0.25, 0.3) is 10.9 Å². The fraction of sp³-hybridized carbons (Fsp3) is 0.273. The van der Waals surface area contributed by atoms with E-state index in [0.717, 1.165) is 22.2 Å². The number of esters is 1. The van der Waals surface area contributed by atoms with Gasteiger partial charge in [-0.05, 0) is 31.5 Å². The Labute approximate surface area is 87.2 Å². The van der Waals surface area contributed by atoms with Crippen molar-refractivity contribution in [3.63, 3.8) is 0 Å². The third-order valence-electron chi connectivity index (χ3n) is 2.50. The van der Waals surface area contributed by atoms with Gasteiger partial charge in [-0.1, -0.05) is 0 Å². The lowest BCUT2D eigenvalue weighted by atomic mass is 10.1. The number of aromatic nitrogens is 2. The molecule has 1 heterocycles. The van der Waals surface area contributed by atoms with Crippen LogP contribution in [0.2, 0.25) is 0 Å². The second-order valence-electron chi connectivity index (χ2n) is 3.52. The summed E-state index contributed by atoms with van der Waals surface area (Å²) in [7, 11) is 1.38. The number of aromatic amines is 1. The summed E-state index contributed by atoms with van der Waals surface area (Å²) in [6.07, 6.45) is 0. The molecule has 0 atom stereocenters. The first-order chi connectivity index (χ1) is 7.13. The van der Waals surface area contributed by atoms with E-state index in [1.165, 1.54) is 7.11 Å². The molecule has 0 bridgehead atoms. The molecule has 4 heteroatoms. The smallest absolute Gasteiger partial charge is 0.338 e. The minimum absolute atomic E-state index is 0.310. The molecule has 15 heavy (non-hydrogen) atoms. The van der Waals surface area contributed by atoms with Gasteiger partial charge in [0.25, 0.3) is 0 Å². The Bertz CT molecular complexity index is 529. The van der Waals surface area contributed by atoms with Gasteiger partial charge in [0.2, 0.25) is 0 Å². The molecule has 0 spiro atoms. The summed E-state index contributed by atoms with van der Waals surface area (Å²) in [6, 6.07) is 3.69. The molecule has 0 fully saturated rings. The van der Waals surface area contributed by atoms with Crippen LogP contribution in [0.5, 0.6) is 0 Å². The number of carbonyl (C=O) groups excluding carboxylic acids is 1. The number of nitrogens with zero attached hydrogens (tertiary/aromatic N) is 1. The van der Waals surface area contributed by atoms with Crippen molar-refractivity contribution in [2.24, 2.45) is 0 Å². The van der Waals surface area contributed by atoms with E-state index < -0.39 is 0 Å². The van der Waals surface area contributed by atoms with Crippen LogP contribution in [-0.4, -0.2) is 23.3 Å². The number of nitrogens with one attached hydrogen (secondary N) is 1. The Balaban J connectivity index is 2.70. The van der Waals surface area contributed by atoms with Crippen molar-refractivity contribution < 1.29 is 9.53 Å². The summed E-state index contributed by atoms with van der Waals surface area (Å²) in [5.41, 5.74) is 3.29. The third-order valence-corrected chi connectivity index (χ3v) is 2.50. The lowest BCUT2D eigenvalue weighted by molar-refractivity contribution is 0.0600. The molecule has 2 rings (SSSR count). The van der Waals surface area contributed by atoms with Crippen molar-refractivity contribution >= 4 is 16.9 Å². The van der Waals surface area contributed by atoms with Crippen molar-refractivity contribution in [1.82, 2.24) is 10.2 Å². The number of fused-ring (bicyclic) bond motifs is 1. The Kier molecular flexibility index (Phi) is 2.19. The molecule has 0 saturated carbocycles. The van der Waals surface area contributed by atoms with Gasteiger partial charge >= 0.3 is 5.97 Å². The first-order valence-electron chi connectivity index (χ1n) is 4.67. The number of hydrogen-bond acceptors (Lipinski definition) is 3. The van der Waals surface area contributed by atoms with Crippen LogP contribution < -0.4 is 0 Å². The molecule has 0 unspecified atom stereocenters. The van der Waals surface area contributed by atoms with Gasteiger partial charge < -0.3 is 4.74 Å². The third kappa shape index (κ3) is 1.48. The summed E-state index contributed by atoms with van der Waals surface area (Å²) < 4.78 is 4.71. The molecule has 78 valence electrons. The summed E-state index contributed by atoms with van der Waals surface area (Å²) in [6.45, 7) is 3.79. The second-order valence-corrected chi connectivity index (χ2v) is 3.52. The number of rotatable bonds is 1. The van der Waals surface area contributed by atoms with Crippen LogP contribution >= 0.6 is 0 Å². The van der Waals surface area contributed by atoms with Crippen LogP contribution in [0.1, 0.15) is 21.6 Å². The number of aryl methyl sites for hydroxylation is 2. The summed E-state index contributed by atoms with van der Waals surface area (Å²) in [4.78, 5) is 11.5. The van der Waals surface area contributed by atoms with Gasteiger partial charge in [0.1, 0.15) is 0 Å². The van der Waals surface area contributed by atoms with E-state index in [4.69, 9.17) is 4.74 Å². The highest BCUT2D eigenvalue weighted by molar-refractivity contribution is 5.96. The molecule has 4 nitrogen and oxygen atoms in total. The largest absolute Gasteiger partial charge is 0.465 e. The molecule has 0 saturated heterocycles. The predicted octanol–water partition coefficient (Wildman–Crippen LogP) is 1.97. The monoisotopic (exact) mass is 204 g/mol. The van der Waals surface area contributed by atoms with Gasteiger partial charge in [-0.3, -0.25) is 5.10 Å². The first-order valence-corrected chi connectivity index (χ1v) is 4.67. The highest BCUT2D eigenvalue weighted by Crippen LogP contribution is 2.20. The molecular weight excluding hydrogens is 192 g/mol. The molecule has 1 aromatic carbocycles. The van der Waals surface area contributed by atoms with Crippen molar-refractivity contribution in [3.8, 4) is 0 Å². The highest BCUT2D eigenvalue weighted by Gasteiger charge is 2.12. The van der Waals surface area contributed by atoms with Crippen molar-refractivity contribution in [1.29, 1.82) is 0 Å². The number of benzene rings is 1. The Morgan fingerprint density at radius 3 is 2.80 bits per heavy atom. The molecule has 1 N–H and O–H groups in total. The fourth-order valence-electron chi connectivity index (χ4n) is 1.62. The molecule has 2 aromatic rings.